The average molecular weight is 309 g/mol. The molecule has 0 atom stereocenters. The van der Waals surface area contributed by atoms with Crippen LogP contribution in [0.2, 0.25) is 0 Å². The fraction of sp³-hybridized carbons (Fsp3) is 1.00. The molecule has 0 aromatic carbocycles. The van der Waals surface area contributed by atoms with Crippen molar-refractivity contribution in [2.45, 2.75) is 97.8 Å². The van der Waals surface area contributed by atoms with Gasteiger partial charge >= 0.3 is 0 Å². The minimum absolute atomic E-state index is 0.0789. The van der Waals surface area contributed by atoms with Gasteiger partial charge in [-0.3, -0.25) is 4.55 Å². The molecule has 0 aliphatic heterocycles. The molecule has 124 valence electrons. The van der Waals surface area contributed by atoms with E-state index in [4.69, 9.17) is 4.55 Å². The van der Waals surface area contributed by atoms with E-state index in [1.807, 2.05) is 13.8 Å². The van der Waals surface area contributed by atoms with Crippen LogP contribution in [-0.4, -0.2) is 18.7 Å². The van der Waals surface area contributed by atoms with E-state index < -0.39 is 10.1 Å². The van der Waals surface area contributed by atoms with Gasteiger partial charge in [0.05, 0.1) is 5.75 Å². The molecule has 0 saturated heterocycles. The van der Waals surface area contributed by atoms with Crippen LogP contribution in [0, 0.1) is 0 Å². The van der Waals surface area contributed by atoms with Gasteiger partial charge in [0.2, 0.25) is 0 Å². The Hall–Kier alpha value is -0.0900. The molecule has 0 bridgehead atoms. The average Bonchev–Trinajstić information content (AvgIpc) is 2.41. The second kappa shape index (κ2) is 17.0. The molecule has 0 amide bonds. The lowest BCUT2D eigenvalue weighted by Crippen LogP contribution is -2.03. The van der Waals surface area contributed by atoms with Crippen LogP contribution in [0.15, 0.2) is 0 Å². The maximum absolute atomic E-state index is 10.5. The summed E-state index contributed by atoms with van der Waals surface area (Å²) >= 11 is 0. The van der Waals surface area contributed by atoms with Crippen molar-refractivity contribution < 1.29 is 13.0 Å². The van der Waals surface area contributed by atoms with E-state index in [9.17, 15) is 8.42 Å². The summed E-state index contributed by atoms with van der Waals surface area (Å²) in [5, 5.41) is 0. The van der Waals surface area contributed by atoms with Crippen molar-refractivity contribution in [2.75, 3.05) is 5.75 Å². The van der Waals surface area contributed by atoms with Crippen molar-refractivity contribution in [3.05, 3.63) is 0 Å². The molecule has 3 nitrogen and oxygen atoms in total. The summed E-state index contributed by atoms with van der Waals surface area (Å²) in [5.74, 6) is -0.0789. The van der Waals surface area contributed by atoms with Gasteiger partial charge in [0.25, 0.3) is 10.1 Å². The second-order valence-electron chi connectivity index (χ2n) is 5.18. The Morgan fingerprint density at radius 1 is 0.650 bits per heavy atom. The molecule has 0 aromatic rings. The van der Waals surface area contributed by atoms with Gasteiger partial charge in [-0.05, 0) is 6.42 Å². The Labute approximate surface area is 127 Å². The minimum Gasteiger partial charge on any atom is -0.286 e. The van der Waals surface area contributed by atoms with Gasteiger partial charge in [-0.1, -0.05) is 91.4 Å². The van der Waals surface area contributed by atoms with Crippen molar-refractivity contribution >= 4 is 10.1 Å². The number of rotatable bonds is 13. The van der Waals surface area contributed by atoms with E-state index in [2.05, 4.69) is 6.92 Å². The van der Waals surface area contributed by atoms with Crippen molar-refractivity contribution in [1.82, 2.24) is 0 Å². The molecule has 20 heavy (non-hydrogen) atoms. The fourth-order valence-electron chi connectivity index (χ4n) is 2.13. The normalized spacial score (nSPS) is 11.0. The molecular weight excluding hydrogens is 272 g/mol. The SMILES string of the molecule is CC.CCCCCCCCCCCCCCS(=O)(=O)O. The van der Waals surface area contributed by atoms with Crippen LogP contribution in [0.1, 0.15) is 97.8 Å². The van der Waals surface area contributed by atoms with Crippen LogP contribution in [0.4, 0.5) is 0 Å². The fourth-order valence-corrected chi connectivity index (χ4v) is 2.69. The molecular formula is C16H36O3S. The standard InChI is InChI=1S/C14H30O3S.C2H6/c1-2-3-4-5-6-7-8-9-10-11-12-13-14-18(15,16)17;1-2/h2-14H2,1H3,(H,15,16,17);1-2H3. The van der Waals surface area contributed by atoms with Gasteiger partial charge in [-0.2, -0.15) is 8.42 Å². The lowest BCUT2D eigenvalue weighted by molar-refractivity contribution is 0.478. The van der Waals surface area contributed by atoms with E-state index in [1.54, 1.807) is 0 Å². The molecule has 0 unspecified atom stereocenters. The summed E-state index contributed by atoms with van der Waals surface area (Å²) in [6.07, 6.45) is 14.5. The minimum atomic E-state index is -3.74. The van der Waals surface area contributed by atoms with E-state index >= 15 is 0 Å². The summed E-state index contributed by atoms with van der Waals surface area (Å²) in [7, 11) is -3.74. The van der Waals surface area contributed by atoms with Crippen LogP contribution in [-0.2, 0) is 10.1 Å². The second-order valence-corrected chi connectivity index (χ2v) is 6.75. The Morgan fingerprint density at radius 3 is 1.25 bits per heavy atom. The molecule has 0 heterocycles. The first-order chi connectivity index (χ1) is 9.56. The van der Waals surface area contributed by atoms with Gasteiger partial charge in [0.15, 0.2) is 0 Å². The lowest BCUT2D eigenvalue weighted by atomic mass is 10.1. The Kier molecular flexibility index (Phi) is 18.8. The van der Waals surface area contributed by atoms with E-state index in [0.29, 0.717) is 6.42 Å². The summed E-state index contributed by atoms with van der Waals surface area (Å²) in [5.41, 5.74) is 0. The van der Waals surface area contributed by atoms with Crippen LogP contribution in [0.3, 0.4) is 0 Å². The lowest BCUT2D eigenvalue weighted by Gasteiger charge is -2.02. The summed E-state index contributed by atoms with van der Waals surface area (Å²) < 4.78 is 29.5. The first kappa shape index (κ1) is 22.2. The topological polar surface area (TPSA) is 54.4 Å². The molecule has 0 fully saturated rings. The highest BCUT2D eigenvalue weighted by atomic mass is 32.2. The first-order valence-corrected chi connectivity index (χ1v) is 10.1. The smallest absolute Gasteiger partial charge is 0.264 e. The van der Waals surface area contributed by atoms with Gasteiger partial charge in [-0.15, -0.1) is 0 Å². The molecule has 0 spiro atoms. The molecule has 0 radical (unpaired) electrons. The monoisotopic (exact) mass is 308 g/mol. The van der Waals surface area contributed by atoms with Crippen LogP contribution in [0.25, 0.3) is 0 Å². The third kappa shape index (κ3) is 23.0. The van der Waals surface area contributed by atoms with Crippen LogP contribution < -0.4 is 0 Å². The maximum Gasteiger partial charge on any atom is 0.264 e. The number of hydrogen-bond donors (Lipinski definition) is 1. The van der Waals surface area contributed by atoms with Gasteiger partial charge in [0.1, 0.15) is 0 Å². The summed E-state index contributed by atoms with van der Waals surface area (Å²) in [6.45, 7) is 6.24. The molecule has 0 aromatic heterocycles. The van der Waals surface area contributed by atoms with Crippen LogP contribution in [0.5, 0.6) is 0 Å². The zero-order valence-electron chi connectivity index (χ0n) is 13.9. The third-order valence-electron chi connectivity index (χ3n) is 3.26. The Morgan fingerprint density at radius 2 is 0.950 bits per heavy atom. The van der Waals surface area contributed by atoms with Crippen LogP contribution >= 0.6 is 0 Å². The molecule has 0 saturated carbocycles. The highest BCUT2D eigenvalue weighted by molar-refractivity contribution is 7.85. The quantitative estimate of drug-likeness (QED) is 0.356. The van der Waals surface area contributed by atoms with E-state index in [-0.39, 0.29) is 5.75 Å². The maximum atomic E-state index is 10.5. The predicted octanol–water partition coefficient (Wildman–Crippen LogP) is 5.60. The molecule has 4 heteroatoms. The van der Waals surface area contributed by atoms with Gasteiger partial charge in [-0.25, -0.2) is 0 Å². The zero-order chi connectivity index (χ0) is 15.7. The summed E-state index contributed by atoms with van der Waals surface area (Å²) in [6, 6.07) is 0. The number of hydrogen-bond acceptors (Lipinski definition) is 2. The summed E-state index contributed by atoms with van der Waals surface area (Å²) in [4.78, 5) is 0. The van der Waals surface area contributed by atoms with Crippen molar-refractivity contribution in [2.24, 2.45) is 0 Å². The van der Waals surface area contributed by atoms with Gasteiger partial charge in [0, 0.05) is 0 Å². The predicted molar refractivity (Wildman–Crippen MR) is 88.8 cm³/mol. The molecule has 1 N–H and O–H groups in total. The van der Waals surface area contributed by atoms with Gasteiger partial charge < -0.3 is 0 Å². The Bertz CT molecular complexity index is 261. The molecule has 0 aliphatic carbocycles. The van der Waals surface area contributed by atoms with E-state index in [1.165, 1.54) is 57.8 Å². The molecule has 0 rings (SSSR count). The largest absolute Gasteiger partial charge is 0.286 e. The van der Waals surface area contributed by atoms with E-state index in [0.717, 1.165) is 12.8 Å². The highest BCUT2D eigenvalue weighted by Gasteiger charge is 2.02. The van der Waals surface area contributed by atoms with Crippen molar-refractivity contribution in [1.29, 1.82) is 0 Å². The molecule has 0 aliphatic rings. The highest BCUT2D eigenvalue weighted by Crippen LogP contribution is 2.12. The first-order valence-electron chi connectivity index (χ1n) is 8.51. The third-order valence-corrected chi connectivity index (χ3v) is 4.06. The van der Waals surface area contributed by atoms with Crippen molar-refractivity contribution in [3.8, 4) is 0 Å². The van der Waals surface area contributed by atoms with Crippen molar-refractivity contribution in [3.63, 3.8) is 0 Å². The number of unbranched alkanes of at least 4 members (excludes halogenated alkanes) is 11. The Balaban J connectivity index is 0. The zero-order valence-corrected chi connectivity index (χ0v) is 14.7.